The highest BCUT2D eigenvalue weighted by Crippen LogP contribution is 2.14. The lowest BCUT2D eigenvalue weighted by Crippen LogP contribution is -3.05. The number of carbonyl (C=O) groups is 1. The Morgan fingerprint density at radius 1 is 1.21 bits per heavy atom. The maximum absolute atomic E-state index is 14.1. The minimum absolute atomic E-state index is 0.00410. The molecule has 0 aliphatic heterocycles. The normalized spacial score (nSPS) is 11.1. The van der Waals surface area contributed by atoms with Crippen molar-refractivity contribution in [3.05, 3.63) is 76.0 Å². The molecule has 28 heavy (non-hydrogen) atoms. The Balaban J connectivity index is 1.96. The molecular formula is C21H24FN4O2+. The fourth-order valence-electron chi connectivity index (χ4n) is 3.05. The number of carbonyl (C=O) groups excluding carboxylic acids is 1. The molecule has 0 saturated heterocycles. The summed E-state index contributed by atoms with van der Waals surface area (Å²) in [7, 11) is 4.08. The number of hydrogen-bond acceptors (Lipinski definition) is 3. The Morgan fingerprint density at radius 3 is 2.75 bits per heavy atom. The molecule has 0 radical (unpaired) electrons. The highest BCUT2D eigenvalue weighted by Gasteiger charge is 2.17. The first-order valence-electron chi connectivity index (χ1n) is 9.26. The van der Waals surface area contributed by atoms with Gasteiger partial charge in [-0.3, -0.25) is 14.2 Å². The molecule has 2 heterocycles. The van der Waals surface area contributed by atoms with E-state index in [4.69, 9.17) is 0 Å². The molecule has 2 aromatic heterocycles. The molecule has 0 atom stereocenters. The summed E-state index contributed by atoms with van der Waals surface area (Å²) in [5.74, 6) is -0.827. The summed E-state index contributed by atoms with van der Waals surface area (Å²) in [6.45, 7) is 1.41. The van der Waals surface area contributed by atoms with Crippen molar-refractivity contribution in [3.8, 4) is 0 Å². The van der Waals surface area contributed by atoms with Crippen LogP contribution in [0.2, 0.25) is 0 Å². The third kappa shape index (κ3) is 4.43. The summed E-state index contributed by atoms with van der Waals surface area (Å²) in [5, 5.41) is 3.46. The smallest absolute Gasteiger partial charge is 0.265 e. The maximum Gasteiger partial charge on any atom is 0.265 e. The van der Waals surface area contributed by atoms with Crippen LogP contribution in [0.5, 0.6) is 0 Å². The van der Waals surface area contributed by atoms with Crippen molar-refractivity contribution in [2.45, 2.75) is 13.0 Å². The van der Waals surface area contributed by atoms with Crippen LogP contribution >= 0.6 is 0 Å². The Bertz CT molecular complexity index is 1050. The lowest BCUT2D eigenvalue weighted by Gasteiger charge is -2.13. The van der Waals surface area contributed by atoms with Gasteiger partial charge in [0.25, 0.3) is 11.5 Å². The van der Waals surface area contributed by atoms with Crippen LogP contribution in [0, 0.1) is 5.82 Å². The standard InChI is InChI=1S/C21H23FN4O2/c1-25(2)12-6-11-24-20(27)17-13-15-8-5-10-23-19(15)26(21(17)28)14-16-7-3-4-9-18(16)22/h3-5,7-10,13H,6,11-12,14H2,1-2H3,(H,24,27)/p+1. The van der Waals surface area contributed by atoms with Gasteiger partial charge >= 0.3 is 0 Å². The SMILES string of the molecule is C[NH+](C)CCCNC(=O)c1cc2cccnc2n(Cc2ccccc2F)c1=O. The zero-order valence-corrected chi connectivity index (χ0v) is 16.0. The topological polar surface area (TPSA) is 68.4 Å². The van der Waals surface area contributed by atoms with Gasteiger partial charge in [0, 0.05) is 30.1 Å². The molecule has 1 aromatic carbocycles. The number of rotatable bonds is 7. The van der Waals surface area contributed by atoms with E-state index in [2.05, 4.69) is 10.3 Å². The number of quaternary nitrogens is 1. The first-order valence-corrected chi connectivity index (χ1v) is 9.26. The van der Waals surface area contributed by atoms with Gasteiger partial charge < -0.3 is 10.2 Å². The van der Waals surface area contributed by atoms with E-state index in [1.165, 1.54) is 15.5 Å². The molecule has 3 aromatic rings. The maximum atomic E-state index is 14.1. The summed E-state index contributed by atoms with van der Waals surface area (Å²) in [5.41, 5.74) is 0.339. The molecule has 2 N–H and O–H groups in total. The van der Waals surface area contributed by atoms with Crippen molar-refractivity contribution in [1.82, 2.24) is 14.9 Å². The minimum atomic E-state index is -0.481. The van der Waals surface area contributed by atoms with E-state index in [1.54, 1.807) is 42.6 Å². The van der Waals surface area contributed by atoms with Crippen molar-refractivity contribution < 1.29 is 14.1 Å². The van der Waals surface area contributed by atoms with Crippen molar-refractivity contribution in [2.24, 2.45) is 0 Å². The van der Waals surface area contributed by atoms with Gasteiger partial charge in [-0.25, -0.2) is 9.37 Å². The first kappa shape index (κ1) is 19.7. The number of aromatic nitrogens is 2. The van der Waals surface area contributed by atoms with E-state index in [-0.39, 0.29) is 12.1 Å². The van der Waals surface area contributed by atoms with Crippen molar-refractivity contribution in [3.63, 3.8) is 0 Å². The van der Waals surface area contributed by atoms with E-state index < -0.39 is 17.3 Å². The Kier molecular flexibility index (Phi) is 6.16. The molecule has 0 fully saturated rings. The third-order valence-corrected chi connectivity index (χ3v) is 4.52. The lowest BCUT2D eigenvalue weighted by atomic mass is 10.1. The summed E-state index contributed by atoms with van der Waals surface area (Å²) in [4.78, 5) is 31.2. The van der Waals surface area contributed by atoms with Crippen LogP contribution in [-0.2, 0) is 6.54 Å². The molecule has 146 valence electrons. The lowest BCUT2D eigenvalue weighted by molar-refractivity contribution is -0.858. The monoisotopic (exact) mass is 383 g/mol. The predicted octanol–water partition coefficient (Wildman–Crippen LogP) is 0.848. The Hall–Kier alpha value is -3.06. The second-order valence-electron chi connectivity index (χ2n) is 7.02. The summed E-state index contributed by atoms with van der Waals surface area (Å²) in [6, 6.07) is 11.3. The van der Waals surface area contributed by atoms with Crippen LogP contribution in [0.3, 0.4) is 0 Å². The average Bonchev–Trinajstić information content (AvgIpc) is 2.68. The number of amides is 1. The molecule has 0 aliphatic carbocycles. The van der Waals surface area contributed by atoms with Gasteiger partial charge in [-0.2, -0.15) is 0 Å². The molecule has 7 heteroatoms. The first-order chi connectivity index (χ1) is 13.5. The summed E-state index contributed by atoms with van der Waals surface area (Å²) >= 11 is 0. The zero-order valence-electron chi connectivity index (χ0n) is 16.0. The molecular weight excluding hydrogens is 359 g/mol. The Morgan fingerprint density at radius 2 is 2.00 bits per heavy atom. The number of benzene rings is 1. The van der Waals surface area contributed by atoms with E-state index >= 15 is 0 Å². The molecule has 3 rings (SSSR count). The summed E-state index contributed by atoms with van der Waals surface area (Å²) in [6.07, 6.45) is 2.38. The fraction of sp³-hybridized carbons (Fsp3) is 0.286. The number of nitrogens with zero attached hydrogens (tertiary/aromatic N) is 2. The van der Waals surface area contributed by atoms with E-state index in [9.17, 15) is 14.0 Å². The van der Waals surface area contributed by atoms with Gasteiger partial charge in [-0.15, -0.1) is 0 Å². The van der Waals surface area contributed by atoms with Gasteiger partial charge in [0.05, 0.1) is 27.2 Å². The van der Waals surface area contributed by atoms with Gasteiger partial charge in [0.1, 0.15) is 17.0 Å². The largest absolute Gasteiger partial charge is 0.352 e. The Labute approximate surface area is 162 Å². The van der Waals surface area contributed by atoms with Crippen molar-refractivity contribution in [1.29, 1.82) is 0 Å². The molecule has 0 spiro atoms. The van der Waals surface area contributed by atoms with Gasteiger partial charge in [-0.05, 0) is 24.3 Å². The fourth-order valence-corrected chi connectivity index (χ4v) is 3.05. The number of hydrogen-bond donors (Lipinski definition) is 2. The molecule has 0 unspecified atom stereocenters. The van der Waals surface area contributed by atoms with Crippen LogP contribution in [0.1, 0.15) is 22.3 Å². The second kappa shape index (κ2) is 8.75. The third-order valence-electron chi connectivity index (χ3n) is 4.52. The number of fused-ring (bicyclic) bond motifs is 1. The molecule has 1 amide bonds. The van der Waals surface area contributed by atoms with Crippen LogP contribution in [0.25, 0.3) is 11.0 Å². The number of nitrogens with one attached hydrogen (secondary N) is 2. The van der Waals surface area contributed by atoms with Crippen LogP contribution in [0.4, 0.5) is 4.39 Å². The number of pyridine rings is 2. The highest BCUT2D eigenvalue weighted by molar-refractivity contribution is 5.96. The quantitative estimate of drug-likeness (QED) is 0.595. The number of halogens is 1. The molecule has 6 nitrogen and oxygen atoms in total. The second-order valence-corrected chi connectivity index (χ2v) is 7.02. The van der Waals surface area contributed by atoms with Gasteiger partial charge in [0.2, 0.25) is 0 Å². The van der Waals surface area contributed by atoms with E-state index in [1.807, 2.05) is 14.1 Å². The van der Waals surface area contributed by atoms with E-state index in [0.717, 1.165) is 13.0 Å². The van der Waals surface area contributed by atoms with E-state index in [0.29, 0.717) is 23.1 Å². The average molecular weight is 383 g/mol. The molecule has 0 saturated carbocycles. The molecule has 0 bridgehead atoms. The minimum Gasteiger partial charge on any atom is -0.352 e. The summed E-state index contributed by atoms with van der Waals surface area (Å²) < 4.78 is 15.5. The zero-order chi connectivity index (χ0) is 20.1. The van der Waals surface area contributed by atoms with Crippen molar-refractivity contribution >= 4 is 16.9 Å². The predicted molar refractivity (Wildman–Crippen MR) is 106 cm³/mol. The molecule has 0 aliphatic rings. The van der Waals surface area contributed by atoms with Crippen LogP contribution < -0.4 is 15.8 Å². The van der Waals surface area contributed by atoms with Gasteiger partial charge in [0.15, 0.2) is 0 Å². The van der Waals surface area contributed by atoms with Crippen LogP contribution in [0.15, 0.2) is 53.5 Å². The van der Waals surface area contributed by atoms with Crippen LogP contribution in [-0.4, -0.2) is 42.6 Å². The highest BCUT2D eigenvalue weighted by atomic mass is 19.1. The van der Waals surface area contributed by atoms with Crippen molar-refractivity contribution in [2.75, 3.05) is 27.2 Å². The van der Waals surface area contributed by atoms with Gasteiger partial charge in [-0.1, -0.05) is 18.2 Å².